The smallest absolute Gasteiger partial charge is 0.255 e. The van der Waals surface area contributed by atoms with Crippen molar-refractivity contribution >= 4 is 45.9 Å². The number of thioether (sulfide) groups is 1. The Balaban J connectivity index is 0.00000210. The minimum Gasteiger partial charge on any atom is -0.348 e. The van der Waals surface area contributed by atoms with E-state index >= 15 is 0 Å². The summed E-state index contributed by atoms with van der Waals surface area (Å²) in [5, 5.41) is 5.94. The fourth-order valence-electron chi connectivity index (χ4n) is 2.90. The van der Waals surface area contributed by atoms with Crippen molar-refractivity contribution in [3.8, 4) is 0 Å². The molecule has 133 valence electrons. The molecule has 1 radical (unpaired) electrons. The number of rotatable bonds is 3. The predicted molar refractivity (Wildman–Crippen MR) is 105 cm³/mol. The van der Waals surface area contributed by atoms with Gasteiger partial charge < -0.3 is 14.7 Å². The van der Waals surface area contributed by atoms with Crippen molar-refractivity contribution in [2.75, 3.05) is 0 Å². The Hall–Kier alpha value is -1.40. The van der Waals surface area contributed by atoms with Gasteiger partial charge in [-0.3, -0.25) is 4.79 Å². The fraction of sp³-hybridized carbons (Fsp3) is 0.100. The summed E-state index contributed by atoms with van der Waals surface area (Å²) < 4.78 is 1.90. The van der Waals surface area contributed by atoms with Gasteiger partial charge in [-0.1, -0.05) is 34.0 Å². The maximum Gasteiger partial charge on any atom is 0.255 e. The van der Waals surface area contributed by atoms with Gasteiger partial charge in [0.15, 0.2) is 0 Å². The molecule has 1 N–H and O–H groups in total. The Morgan fingerprint density at radius 2 is 2.00 bits per heavy atom. The maximum absolute atomic E-state index is 12.8. The number of nitrogens with one attached hydrogen (secondary N) is 1. The molecule has 27 heavy (non-hydrogen) atoms. The summed E-state index contributed by atoms with van der Waals surface area (Å²) in [6.45, 7) is 2.27. The minimum absolute atomic E-state index is 0. The summed E-state index contributed by atoms with van der Waals surface area (Å²) in [6, 6.07) is 13.7. The van der Waals surface area contributed by atoms with Gasteiger partial charge in [0.2, 0.25) is 0 Å². The normalized spacial score (nSPS) is 12.3. The average Bonchev–Trinajstić information content (AvgIpc) is 2.65. The van der Waals surface area contributed by atoms with Crippen LogP contribution in [0.3, 0.4) is 0 Å². The molecule has 1 aromatic heterocycles. The molecule has 2 aromatic carbocycles. The van der Waals surface area contributed by atoms with Crippen molar-refractivity contribution in [3.05, 3.63) is 80.4 Å². The Morgan fingerprint density at radius 1 is 1.26 bits per heavy atom. The first-order valence-corrected chi connectivity index (χ1v) is 9.26. The number of allylic oxidation sites excluding steroid dienone is 1. The van der Waals surface area contributed by atoms with Crippen molar-refractivity contribution in [2.45, 2.75) is 18.4 Å². The van der Waals surface area contributed by atoms with Crippen LogP contribution in [-0.2, 0) is 39.3 Å². The number of halogens is 1. The molecule has 1 aliphatic rings. The van der Waals surface area contributed by atoms with Gasteiger partial charge in [0.1, 0.15) is 5.43 Å². The van der Waals surface area contributed by atoms with Gasteiger partial charge in [-0.2, -0.15) is 30.0 Å². The summed E-state index contributed by atoms with van der Waals surface area (Å²) in [6.07, 6.45) is 1.62. The van der Waals surface area contributed by atoms with E-state index in [1.807, 2.05) is 35.1 Å². The molecule has 0 spiro atoms. The zero-order chi connectivity index (χ0) is 18.3. The van der Waals surface area contributed by atoms with E-state index in [2.05, 4.69) is 11.4 Å². The quantitative estimate of drug-likeness (QED) is 0.581. The van der Waals surface area contributed by atoms with Crippen LogP contribution in [0, 0.1) is 6.07 Å². The third-order valence-corrected chi connectivity index (χ3v) is 5.54. The molecule has 7 heteroatoms. The molecular formula is C20H14ClN2O2SY-. The largest absolute Gasteiger partial charge is 0.348 e. The van der Waals surface area contributed by atoms with Crippen LogP contribution in [-0.4, -0.2) is 10.5 Å². The summed E-state index contributed by atoms with van der Waals surface area (Å²) in [4.78, 5) is 26.4. The summed E-state index contributed by atoms with van der Waals surface area (Å²) >= 11 is 7.43. The van der Waals surface area contributed by atoms with E-state index in [0.717, 1.165) is 21.7 Å². The van der Waals surface area contributed by atoms with E-state index in [1.165, 1.54) is 0 Å². The number of hydrogen-bond donors (Lipinski definition) is 1. The molecule has 0 saturated heterocycles. The zero-order valence-electron chi connectivity index (χ0n) is 14.5. The number of nitrogens with zero attached hydrogens (tertiary/aromatic N) is 1. The topological polar surface area (TPSA) is 51.1 Å². The van der Waals surface area contributed by atoms with E-state index < -0.39 is 5.91 Å². The monoisotopic (exact) mass is 470 g/mol. The van der Waals surface area contributed by atoms with Gasteiger partial charge in [0, 0.05) is 56.2 Å². The Kier molecular flexibility index (Phi) is 6.26. The number of aromatic nitrogens is 1. The predicted octanol–water partition coefficient (Wildman–Crippen LogP) is 4.31. The van der Waals surface area contributed by atoms with Crippen LogP contribution in [0.4, 0.5) is 0 Å². The van der Waals surface area contributed by atoms with Gasteiger partial charge in [0.05, 0.1) is 5.56 Å². The summed E-state index contributed by atoms with van der Waals surface area (Å²) in [5.74, 6) is -0.396. The molecule has 1 aliphatic heterocycles. The Morgan fingerprint density at radius 3 is 2.74 bits per heavy atom. The second-order valence-electron chi connectivity index (χ2n) is 6.01. The van der Waals surface area contributed by atoms with Crippen LogP contribution in [0.2, 0.25) is 5.02 Å². The van der Waals surface area contributed by atoms with Crippen molar-refractivity contribution in [3.63, 3.8) is 0 Å². The first-order chi connectivity index (χ1) is 12.5. The van der Waals surface area contributed by atoms with E-state index in [-0.39, 0.29) is 43.7 Å². The molecule has 0 bridgehead atoms. The van der Waals surface area contributed by atoms with Gasteiger partial charge in [-0.15, -0.1) is 0 Å². The molecule has 3 aromatic rings. The van der Waals surface area contributed by atoms with Crippen molar-refractivity contribution < 1.29 is 37.5 Å². The van der Waals surface area contributed by atoms with Gasteiger partial charge in [-0.25, -0.2) is 0 Å². The van der Waals surface area contributed by atoms with E-state index in [4.69, 9.17) is 11.6 Å². The molecular weight excluding hydrogens is 457 g/mol. The molecule has 2 heterocycles. The molecule has 0 aliphatic carbocycles. The molecule has 0 atom stereocenters. The van der Waals surface area contributed by atoms with Crippen LogP contribution in [0.5, 0.6) is 0 Å². The number of pyridine rings is 1. The number of carbonyl (C=O) groups excluding carboxylic acids is 1. The maximum atomic E-state index is 12.8. The van der Waals surface area contributed by atoms with Crippen LogP contribution in [0.1, 0.15) is 22.8 Å². The zero-order valence-corrected chi connectivity index (χ0v) is 18.9. The van der Waals surface area contributed by atoms with Gasteiger partial charge >= 0.3 is 0 Å². The second-order valence-corrected chi connectivity index (χ2v) is 7.36. The Labute approximate surface area is 190 Å². The first kappa shape index (κ1) is 20.3. The third kappa shape index (κ3) is 3.92. The molecule has 0 unspecified atom stereocenters. The van der Waals surface area contributed by atoms with Crippen LogP contribution in [0.25, 0.3) is 16.6 Å². The third-order valence-electron chi connectivity index (χ3n) is 4.27. The van der Waals surface area contributed by atoms with Crippen molar-refractivity contribution in [1.29, 1.82) is 0 Å². The number of carbonyl (C=O) groups is 1. The molecule has 1 amide bonds. The number of benzene rings is 2. The standard InChI is InChI=1S/C20H14ClN2O2S.Y/c1-12-11-26-17-4-2-3-15-18(17)23(12)10-16(19(15)24)20(25)22-9-13-5-7-14(21)8-6-13;/h3-8,10-11H,9H2,1H3,(H,22,25);/q-1;. The SMILES string of the molecule is CC1=CSc2c[c-]cc3c(=O)c(C(=O)NCc4ccc(Cl)cc4)cn1c23.[Y]. The van der Waals surface area contributed by atoms with Gasteiger partial charge in [-0.05, 0) is 35.5 Å². The van der Waals surface area contributed by atoms with Crippen molar-refractivity contribution in [1.82, 2.24) is 9.88 Å². The van der Waals surface area contributed by atoms with Crippen LogP contribution < -0.4 is 10.7 Å². The van der Waals surface area contributed by atoms with E-state index in [1.54, 1.807) is 36.2 Å². The summed E-state index contributed by atoms with van der Waals surface area (Å²) in [5.41, 5.74) is 2.54. The summed E-state index contributed by atoms with van der Waals surface area (Å²) in [7, 11) is 0. The molecule has 4 rings (SSSR count). The number of amides is 1. The van der Waals surface area contributed by atoms with E-state index in [0.29, 0.717) is 17.0 Å². The fourth-order valence-corrected chi connectivity index (χ4v) is 3.90. The average molecular weight is 471 g/mol. The first-order valence-electron chi connectivity index (χ1n) is 8.00. The minimum atomic E-state index is -0.396. The van der Waals surface area contributed by atoms with Crippen LogP contribution in [0.15, 0.2) is 57.7 Å². The number of hydrogen-bond acceptors (Lipinski definition) is 3. The molecule has 4 nitrogen and oxygen atoms in total. The molecule has 0 saturated carbocycles. The van der Waals surface area contributed by atoms with Crippen LogP contribution >= 0.6 is 23.4 Å². The van der Waals surface area contributed by atoms with Crippen molar-refractivity contribution in [2.24, 2.45) is 0 Å². The molecule has 0 fully saturated rings. The van der Waals surface area contributed by atoms with Gasteiger partial charge in [0.25, 0.3) is 5.91 Å². The second kappa shape index (κ2) is 8.31. The Bertz CT molecular complexity index is 1120. The van der Waals surface area contributed by atoms with E-state index in [9.17, 15) is 9.59 Å².